The van der Waals surface area contributed by atoms with Crippen LogP contribution in [-0.4, -0.2) is 35.7 Å². The second-order valence-corrected chi connectivity index (χ2v) is 3.45. The van der Waals surface area contributed by atoms with Crippen LogP contribution < -0.4 is 5.73 Å². The molecule has 102 valence electrons. The van der Waals surface area contributed by atoms with Crippen molar-refractivity contribution in [1.29, 1.82) is 0 Å². The predicted octanol–water partition coefficient (Wildman–Crippen LogP) is 2.50. The van der Waals surface area contributed by atoms with E-state index >= 15 is 0 Å². The first kappa shape index (κ1) is 14.3. The summed E-state index contributed by atoms with van der Waals surface area (Å²) in [5.41, 5.74) is 3.87. The van der Waals surface area contributed by atoms with Gasteiger partial charge >= 0.3 is 29.6 Å². The molecule has 1 rings (SSSR count). The summed E-state index contributed by atoms with van der Waals surface area (Å²) in [6, 6.07) is -4.43. The van der Waals surface area contributed by atoms with Crippen molar-refractivity contribution in [3.8, 4) is 0 Å². The summed E-state index contributed by atoms with van der Waals surface area (Å²) in [7, 11) is 0. The average Bonchev–Trinajstić information content (AvgIpc) is 2.13. The Bertz CT molecular complexity index is 304. The molecule has 0 spiro atoms. The van der Waals surface area contributed by atoms with Gasteiger partial charge in [-0.15, -0.1) is 0 Å². The van der Waals surface area contributed by atoms with Gasteiger partial charge in [0.1, 0.15) is 6.04 Å². The van der Waals surface area contributed by atoms with Crippen molar-refractivity contribution in [2.45, 2.75) is 35.7 Å². The standard InChI is InChI=1S/C6H3F10N/c7-2(8)1(17)3(9,10)5(13,14)6(15,16)4(2,11)12/h1H,17H2. The van der Waals surface area contributed by atoms with Crippen molar-refractivity contribution in [1.82, 2.24) is 0 Å². The van der Waals surface area contributed by atoms with Crippen LogP contribution in [0.25, 0.3) is 0 Å². The molecule has 0 heterocycles. The molecule has 0 bridgehead atoms. The van der Waals surface area contributed by atoms with Crippen LogP contribution in [0.15, 0.2) is 0 Å². The maximum Gasteiger partial charge on any atom is 0.384 e. The Morgan fingerprint density at radius 1 is 0.529 bits per heavy atom. The topological polar surface area (TPSA) is 26.0 Å². The van der Waals surface area contributed by atoms with E-state index < -0.39 is 35.7 Å². The van der Waals surface area contributed by atoms with Gasteiger partial charge in [0, 0.05) is 0 Å². The Balaban J connectivity index is 3.56. The van der Waals surface area contributed by atoms with Gasteiger partial charge in [-0.05, 0) is 0 Å². The van der Waals surface area contributed by atoms with Gasteiger partial charge in [0.2, 0.25) is 0 Å². The first-order valence-electron chi connectivity index (χ1n) is 3.80. The second kappa shape index (κ2) is 2.98. The predicted molar refractivity (Wildman–Crippen MR) is 32.7 cm³/mol. The van der Waals surface area contributed by atoms with Crippen molar-refractivity contribution in [2.75, 3.05) is 0 Å². The van der Waals surface area contributed by atoms with Crippen LogP contribution in [0.3, 0.4) is 0 Å². The lowest BCUT2D eigenvalue weighted by Gasteiger charge is -2.48. The lowest BCUT2D eigenvalue weighted by atomic mass is 9.79. The molecule has 0 atom stereocenters. The van der Waals surface area contributed by atoms with Crippen molar-refractivity contribution < 1.29 is 43.9 Å². The monoisotopic (exact) mass is 279 g/mol. The van der Waals surface area contributed by atoms with E-state index in [1.807, 2.05) is 0 Å². The van der Waals surface area contributed by atoms with Crippen LogP contribution in [-0.2, 0) is 0 Å². The number of nitrogens with two attached hydrogens (primary N) is 1. The van der Waals surface area contributed by atoms with E-state index in [2.05, 4.69) is 5.73 Å². The van der Waals surface area contributed by atoms with Gasteiger partial charge in [0.05, 0.1) is 0 Å². The van der Waals surface area contributed by atoms with E-state index in [1.54, 1.807) is 0 Å². The molecule has 0 unspecified atom stereocenters. The maximum atomic E-state index is 12.5. The van der Waals surface area contributed by atoms with Crippen molar-refractivity contribution in [2.24, 2.45) is 5.73 Å². The zero-order valence-corrected chi connectivity index (χ0v) is 7.43. The average molecular weight is 279 g/mol. The van der Waals surface area contributed by atoms with Crippen LogP contribution in [0.1, 0.15) is 0 Å². The molecule has 0 aliphatic heterocycles. The van der Waals surface area contributed by atoms with Gasteiger partial charge in [-0.1, -0.05) is 0 Å². The molecule has 0 radical (unpaired) electrons. The minimum Gasteiger partial charge on any atom is -0.317 e. The Morgan fingerprint density at radius 2 is 0.765 bits per heavy atom. The zero-order valence-electron chi connectivity index (χ0n) is 7.43. The second-order valence-electron chi connectivity index (χ2n) is 3.45. The highest BCUT2D eigenvalue weighted by molar-refractivity contribution is 5.20. The molecule has 1 aliphatic rings. The Labute approximate surface area is 86.6 Å². The van der Waals surface area contributed by atoms with Crippen molar-refractivity contribution >= 4 is 0 Å². The number of alkyl halides is 10. The Kier molecular flexibility index (Phi) is 2.51. The molecule has 1 fully saturated rings. The minimum atomic E-state index is -6.93. The van der Waals surface area contributed by atoms with Gasteiger partial charge in [-0.2, -0.15) is 43.9 Å². The smallest absolute Gasteiger partial charge is 0.317 e. The molecule has 17 heavy (non-hydrogen) atoms. The van der Waals surface area contributed by atoms with Gasteiger partial charge < -0.3 is 5.73 Å². The molecule has 1 nitrogen and oxygen atoms in total. The Hall–Kier alpha value is -0.740. The van der Waals surface area contributed by atoms with E-state index in [1.165, 1.54) is 0 Å². The molecule has 2 N–H and O–H groups in total. The molecule has 0 amide bonds. The highest BCUT2D eigenvalue weighted by atomic mass is 19.4. The summed E-state index contributed by atoms with van der Waals surface area (Å²) in [5, 5.41) is 0. The molecular weight excluding hydrogens is 276 g/mol. The SMILES string of the molecule is NC1C(F)(F)C(F)(F)C(F)(F)C(F)(F)C1(F)F. The number of halogens is 10. The highest BCUT2D eigenvalue weighted by Gasteiger charge is 2.94. The molecular formula is C6H3F10N. The van der Waals surface area contributed by atoms with Crippen LogP contribution in [0.2, 0.25) is 0 Å². The largest absolute Gasteiger partial charge is 0.384 e. The fourth-order valence-electron chi connectivity index (χ4n) is 1.23. The molecule has 11 heteroatoms. The van der Waals surface area contributed by atoms with Crippen LogP contribution in [0, 0.1) is 0 Å². The third-order valence-corrected chi connectivity index (χ3v) is 2.41. The Morgan fingerprint density at radius 3 is 1.00 bits per heavy atom. The van der Waals surface area contributed by atoms with E-state index in [4.69, 9.17) is 0 Å². The van der Waals surface area contributed by atoms with Gasteiger partial charge in [0.25, 0.3) is 0 Å². The van der Waals surface area contributed by atoms with Gasteiger partial charge in [0.15, 0.2) is 0 Å². The lowest BCUT2D eigenvalue weighted by Crippen LogP contribution is -2.81. The number of rotatable bonds is 0. The summed E-state index contributed by atoms with van der Waals surface area (Å²) in [4.78, 5) is 0. The van der Waals surface area contributed by atoms with Gasteiger partial charge in [-0.3, -0.25) is 0 Å². The van der Waals surface area contributed by atoms with E-state index in [9.17, 15) is 43.9 Å². The first-order valence-corrected chi connectivity index (χ1v) is 3.80. The zero-order chi connectivity index (χ0) is 14.1. The third kappa shape index (κ3) is 1.20. The fourth-order valence-corrected chi connectivity index (χ4v) is 1.23. The van der Waals surface area contributed by atoms with Crippen LogP contribution >= 0.6 is 0 Å². The van der Waals surface area contributed by atoms with Crippen molar-refractivity contribution in [3.05, 3.63) is 0 Å². The summed E-state index contributed by atoms with van der Waals surface area (Å²) < 4.78 is 125. The summed E-state index contributed by atoms with van der Waals surface area (Å²) in [6.07, 6.45) is 0. The van der Waals surface area contributed by atoms with Gasteiger partial charge in [-0.25, -0.2) is 0 Å². The molecule has 0 saturated heterocycles. The summed E-state index contributed by atoms with van der Waals surface area (Å²) in [5.74, 6) is -32.7. The first-order chi connectivity index (χ1) is 7.15. The third-order valence-electron chi connectivity index (χ3n) is 2.41. The van der Waals surface area contributed by atoms with Crippen molar-refractivity contribution in [3.63, 3.8) is 0 Å². The van der Waals surface area contributed by atoms with Crippen LogP contribution in [0.5, 0.6) is 0 Å². The lowest BCUT2D eigenvalue weighted by molar-refractivity contribution is -0.448. The van der Waals surface area contributed by atoms with E-state index in [0.717, 1.165) is 0 Å². The molecule has 1 aliphatic carbocycles. The normalized spacial score (nSPS) is 33.4. The van der Waals surface area contributed by atoms with Crippen LogP contribution in [0.4, 0.5) is 43.9 Å². The number of hydrogen-bond donors (Lipinski definition) is 1. The maximum absolute atomic E-state index is 12.5. The fraction of sp³-hybridized carbons (Fsp3) is 1.00. The molecule has 1 saturated carbocycles. The molecule has 0 aromatic heterocycles. The quantitative estimate of drug-likeness (QED) is 0.677. The minimum absolute atomic E-state index is 3.87. The summed E-state index contributed by atoms with van der Waals surface area (Å²) >= 11 is 0. The number of hydrogen-bond acceptors (Lipinski definition) is 1. The highest BCUT2D eigenvalue weighted by Crippen LogP contribution is 2.63. The summed E-state index contributed by atoms with van der Waals surface area (Å²) in [6.45, 7) is 0. The molecule has 0 aromatic rings. The molecule has 0 aromatic carbocycles. The van der Waals surface area contributed by atoms with E-state index in [0.29, 0.717) is 0 Å². The van der Waals surface area contributed by atoms with E-state index in [-0.39, 0.29) is 0 Å².